The van der Waals surface area contributed by atoms with E-state index in [1.54, 1.807) is 0 Å². The van der Waals surface area contributed by atoms with Gasteiger partial charge in [0.15, 0.2) is 6.29 Å². The highest BCUT2D eigenvalue weighted by molar-refractivity contribution is 5.77. The first-order valence-corrected chi connectivity index (χ1v) is 13.4. The Morgan fingerprint density at radius 1 is 0.829 bits per heavy atom. The highest BCUT2D eigenvalue weighted by Gasteiger charge is 2.61. The van der Waals surface area contributed by atoms with Gasteiger partial charge in [-0.25, -0.2) is 0 Å². The van der Waals surface area contributed by atoms with E-state index in [2.05, 4.69) is 5.32 Å². The molecule has 0 aromatic heterocycles. The van der Waals surface area contributed by atoms with Gasteiger partial charge in [0.25, 0.3) is 0 Å². The summed E-state index contributed by atoms with van der Waals surface area (Å²) in [6.45, 7) is 0.739. The molecule has 0 radical (unpaired) electrons. The summed E-state index contributed by atoms with van der Waals surface area (Å²) in [6.07, 6.45) is -9.11. The van der Waals surface area contributed by atoms with Crippen LogP contribution in [-0.4, -0.2) is 55.4 Å². The molecule has 7 nitrogen and oxygen atoms in total. The fraction of sp³-hybridized carbons (Fsp3) is 0.387. The van der Waals surface area contributed by atoms with E-state index < -0.39 is 48.6 Å². The van der Waals surface area contributed by atoms with Crippen LogP contribution in [0.1, 0.15) is 23.1 Å². The molecular weight excluding hydrogens is 539 g/mol. The van der Waals surface area contributed by atoms with Crippen molar-refractivity contribution in [3.05, 3.63) is 108 Å². The molecule has 2 bridgehead atoms. The second-order valence-corrected chi connectivity index (χ2v) is 10.2. The molecule has 2 heterocycles. The van der Waals surface area contributed by atoms with Crippen molar-refractivity contribution < 1.29 is 41.7 Å². The first-order valence-electron chi connectivity index (χ1n) is 13.4. The van der Waals surface area contributed by atoms with Crippen LogP contribution in [0.5, 0.6) is 0 Å². The van der Waals surface area contributed by atoms with Gasteiger partial charge < -0.3 is 29.0 Å². The molecule has 2 aliphatic rings. The van der Waals surface area contributed by atoms with E-state index in [1.165, 1.54) is 0 Å². The molecular formula is C31H32F3NO6. The predicted molar refractivity (Wildman–Crippen MR) is 142 cm³/mol. The topological polar surface area (TPSA) is 75.3 Å². The van der Waals surface area contributed by atoms with Gasteiger partial charge >= 0.3 is 6.18 Å². The number of amides is 1. The average molecular weight is 572 g/mol. The monoisotopic (exact) mass is 571 g/mol. The maximum absolute atomic E-state index is 13.0. The van der Waals surface area contributed by atoms with E-state index in [0.29, 0.717) is 6.61 Å². The van der Waals surface area contributed by atoms with Crippen LogP contribution in [0.25, 0.3) is 0 Å². The SMILES string of the molecule is O=C(CC(F)(F)F)N[C@H]1[C@H]2OC[C@](COCc3ccccc3)(O2)[C@H](OCc2ccccc2)[C@@H]1OCc1ccccc1. The van der Waals surface area contributed by atoms with E-state index in [0.717, 1.165) is 16.7 Å². The van der Waals surface area contributed by atoms with Gasteiger partial charge in [0.2, 0.25) is 5.91 Å². The second kappa shape index (κ2) is 13.1. The number of carbonyl (C=O) groups is 1. The molecule has 0 saturated carbocycles. The van der Waals surface area contributed by atoms with Crippen molar-refractivity contribution in [2.75, 3.05) is 13.2 Å². The van der Waals surface area contributed by atoms with E-state index in [-0.39, 0.29) is 26.4 Å². The van der Waals surface area contributed by atoms with Crippen molar-refractivity contribution in [3.8, 4) is 0 Å². The first kappa shape index (κ1) is 29.2. The van der Waals surface area contributed by atoms with Crippen molar-refractivity contribution in [2.24, 2.45) is 0 Å². The lowest BCUT2D eigenvalue weighted by molar-refractivity contribution is -0.264. The number of alkyl halides is 3. The quantitative estimate of drug-likeness (QED) is 0.332. The maximum atomic E-state index is 13.0. The van der Waals surface area contributed by atoms with Crippen LogP contribution in [0.15, 0.2) is 91.0 Å². The van der Waals surface area contributed by atoms with Crippen molar-refractivity contribution in [2.45, 2.75) is 62.6 Å². The molecule has 5 rings (SSSR count). The highest BCUT2D eigenvalue weighted by Crippen LogP contribution is 2.41. The molecule has 1 amide bonds. The van der Waals surface area contributed by atoms with Gasteiger partial charge in [-0.1, -0.05) is 91.0 Å². The summed E-state index contributed by atoms with van der Waals surface area (Å²) in [5.41, 5.74) is 1.57. The zero-order valence-electron chi connectivity index (χ0n) is 22.3. The molecule has 3 aromatic rings. The van der Waals surface area contributed by atoms with Crippen LogP contribution in [0, 0.1) is 0 Å². The summed E-state index contributed by atoms with van der Waals surface area (Å²) in [5.74, 6) is -1.20. The molecule has 2 aliphatic heterocycles. The zero-order valence-corrected chi connectivity index (χ0v) is 22.3. The van der Waals surface area contributed by atoms with Crippen LogP contribution in [0.2, 0.25) is 0 Å². The smallest absolute Gasteiger partial charge is 0.374 e. The second-order valence-electron chi connectivity index (χ2n) is 10.2. The predicted octanol–water partition coefficient (Wildman–Crippen LogP) is 4.94. The fourth-order valence-corrected chi connectivity index (χ4v) is 5.10. The maximum Gasteiger partial charge on any atom is 0.397 e. The van der Waals surface area contributed by atoms with E-state index in [4.69, 9.17) is 23.7 Å². The van der Waals surface area contributed by atoms with Gasteiger partial charge in [0.1, 0.15) is 30.3 Å². The number of rotatable bonds is 12. The standard InChI is InChI=1S/C31H32F3NO6/c32-31(33,34)16-25(36)35-26-27(38-18-23-12-6-2-7-13-23)28(39-19-24-14-8-3-9-15-24)30(21-40-29(26)41-30)20-37-17-22-10-4-1-5-11-22/h1-15,26-29H,16-21H2,(H,35,36)/t26-,27-,28-,29+,30+/m1/s1. The van der Waals surface area contributed by atoms with Crippen molar-refractivity contribution >= 4 is 5.91 Å². The summed E-state index contributed by atoms with van der Waals surface area (Å²) < 4.78 is 70.2. The Labute approximate surface area is 236 Å². The number of hydrogen-bond donors (Lipinski definition) is 1. The van der Waals surface area contributed by atoms with Crippen molar-refractivity contribution in [1.82, 2.24) is 5.32 Å². The number of hydrogen-bond acceptors (Lipinski definition) is 6. The van der Waals surface area contributed by atoms with Gasteiger partial charge in [0.05, 0.1) is 33.0 Å². The molecule has 0 aliphatic carbocycles. The summed E-state index contributed by atoms with van der Waals surface area (Å²) in [5, 5.41) is 2.46. The number of benzene rings is 3. The number of carbonyl (C=O) groups excluding carboxylic acids is 1. The Morgan fingerprint density at radius 2 is 1.37 bits per heavy atom. The number of ether oxygens (including phenoxy) is 5. The Morgan fingerprint density at radius 3 is 1.93 bits per heavy atom. The van der Waals surface area contributed by atoms with Crippen LogP contribution in [-0.2, 0) is 48.3 Å². The lowest BCUT2D eigenvalue weighted by Crippen LogP contribution is -2.68. The van der Waals surface area contributed by atoms with Crippen LogP contribution in [0.3, 0.4) is 0 Å². The van der Waals surface area contributed by atoms with Gasteiger partial charge in [-0.15, -0.1) is 0 Å². The first-order chi connectivity index (χ1) is 19.8. The molecule has 2 saturated heterocycles. The molecule has 0 unspecified atom stereocenters. The number of nitrogens with one attached hydrogen (secondary N) is 1. The molecule has 5 atom stereocenters. The van der Waals surface area contributed by atoms with E-state index in [1.807, 2.05) is 91.0 Å². The Balaban J connectivity index is 1.42. The third-order valence-corrected chi connectivity index (χ3v) is 7.01. The third kappa shape index (κ3) is 7.72. The summed E-state index contributed by atoms with van der Waals surface area (Å²) >= 11 is 0. The van der Waals surface area contributed by atoms with E-state index in [9.17, 15) is 18.0 Å². The van der Waals surface area contributed by atoms with Gasteiger partial charge in [-0.2, -0.15) is 13.2 Å². The Kier molecular flexibility index (Phi) is 9.36. The van der Waals surface area contributed by atoms with Gasteiger partial charge in [0, 0.05) is 0 Å². The normalized spacial score (nSPS) is 25.6. The van der Waals surface area contributed by atoms with Crippen molar-refractivity contribution in [1.29, 1.82) is 0 Å². The molecule has 10 heteroatoms. The third-order valence-electron chi connectivity index (χ3n) is 7.01. The zero-order chi connectivity index (χ0) is 28.7. The largest absolute Gasteiger partial charge is 0.397 e. The minimum atomic E-state index is -4.67. The summed E-state index contributed by atoms with van der Waals surface area (Å²) in [6, 6.07) is 27.4. The molecule has 0 spiro atoms. The molecule has 218 valence electrons. The average Bonchev–Trinajstić information content (AvgIpc) is 3.35. The van der Waals surface area contributed by atoms with Crippen LogP contribution in [0.4, 0.5) is 13.2 Å². The Hall–Kier alpha value is -3.28. The minimum Gasteiger partial charge on any atom is -0.374 e. The summed E-state index contributed by atoms with van der Waals surface area (Å²) in [7, 11) is 0. The van der Waals surface area contributed by atoms with E-state index >= 15 is 0 Å². The molecule has 2 fully saturated rings. The molecule has 1 N–H and O–H groups in total. The Bertz CT molecular complexity index is 1250. The van der Waals surface area contributed by atoms with Crippen molar-refractivity contribution in [3.63, 3.8) is 0 Å². The number of halogens is 3. The van der Waals surface area contributed by atoms with Gasteiger partial charge in [-0.05, 0) is 16.7 Å². The minimum absolute atomic E-state index is 0.0444. The van der Waals surface area contributed by atoms with Crippen LogP contribution >= 0.6 is 0 Å². The van der Waals surface area contributed by atoms with Crippen LogP contribution < -0.4 is 5.32 Å². The number of fused-ring (bicyclic) bond motifs is 2. The fourth-order valence-electron chi connectivity index (χ4n) is 5.10. The highest BCUT2D eigenvalue weighted by atomic mass is 19.4. The lowest BCUT2D eigenvalue weighted by Gasteiger charge is -2.46. The van der Waals surface area contributed by atoms with Gasteiger partial charge in [-0.3, -0.25) is 4.79 Å². The lowest BCUT2D eigenvalue weighted by atomic mass is 9.87. The molecule has 3 aromatic carbocycles. The summed E-state index contributed by atoms with van der Waals surface area (Å²) in [4.78, 5) is 12.5. The molecule has 41 heavy (non-hydrogen) atoms.